The number of methoxy groups -OCH3 is 2. The summed E-state index contributed by atoms with van der Waals surface area (Å²) in [4.78, 5) is 32.6. The lowest BCUT2D eigenvalue weighted by atomic mass is 9.96. The van der Waals surface area contributed by atoms with E-state index in [1.54, 1.807) is 12.1 Å². The van der Waals surface area contributed by atoms with E-state index in [2.05, 4.69) is 20.5 Å². The van der Waals surface area contributed by atoms with Crippen LogP contribution in [0, 0.1) is 5.82 Å². The zero-order chi connectivity index (χ0) is 37.6. The molecule has 14 heteroatoms. The number of halogens is 3. The van der Waals surface area contributed by atoms with Crippen LogP contribution in [0.25, 0.3) is 11.1 Å². The number of ether oxygens (including phenoxy) is 3. The quantitative estimate of drug-likeness (QED) is 0.141. The maximum atomic E-state index is 15.8. The molecular weight excluding hydrogens is 724 g/mol. The number of aromatic nitrogens is 2. The largest absolute Gasteiger partial charge is 0.496 e. The highest BCUT2D eigenvalue weighted by molar-refractivity contribution is 6.36. The second kappa shape index (κ2) is 14.9. The molecule has 53 heavy (non-hydrogen) atoms. The van der Waals surface area contributed by atoms with Crippen LogP contribution in [0.4, 0.5) is 10.1 Å². The minimum atomic E-state index is -0.824. The highest BCUT2D eigenvalue weighted by atomic mass is 35.5. The summed E-state index contributed by atoms with van der Waals surface area (Å²) in [5.41, 5.74) is 5.26. The molecule has 1 aromatic heterocycles. The number of hydrogen-bond donors (Lipinski definition) is 3. The van der Waals surface area contributed by atoms with E-state index in [-0.39, 0.29) is 53.2 Å². The molecule has 2 heterocycles. The minimum Gasteiger partial charge on any atom is -0.496 e. The second-order valence-electron chi connectivity index (χ2n) is 13.9. The van der Waals surface area contributed by atoms with Gasteiger partial charge in [0.2, 0.25) is 0 Å². The van der Waals surface area contributed by atoms with E-state index < -0.39 is 17.5 Å². The number of esters is 1. The molecule has 1 fully saturated rings. The average molecular weight is 767 g/mol. The molecule has 2 aliphatic carbocycles. The maximum Gasteiger partial charge on any atom is 0.326 e. The molecule has 0 radical (unpaired) electrons. The summed E-state index contributed by atoms with van der Waals surface area (Å²) in [6.45, 7) is 3.39. The Hall–Kier alpha value is -4.20. The van der Waals surface area contributed by atoms with E-state index in [4.69, 9.17) is 37.4 Å². The van der Waals surface area contributed by atoms with Crippen LogP contribution >= 0.6 is 23.2 Å². The number of nitrogens with one attached hydrogen (secondary N) is 2. The van der Waals surface area contributed by atoms with Crippen LogP contribution in [-0.4, -0.2) is 70.4 Å². The van der Waals surface area contributed by atoms with Crippen molar-refractivity contribution < 1.29 is 33.3 Å². The van der Waals surface area contributed by atoms with Gasteiger partial charge in [-0.1, -0.05) is 53.5 Å². The monoisotopic (exact) mass is 765 g/mol. The maximum absolute atomic E-state index is 15.8. The van der Waals surface area contributed by atoms with Crippen molar-refractivity contribution in [3.63, 3.8) is 0 Å². The number of benzene rings is 3. The Morgan fingerprint density at radius 2 is 1.85 bits per heavy atom. The van der Waals surface area contributed by atoms with Crippen molar-refractivity contribution in [2.75, 3.05) is 32.7 Å². The summed E-state index contributed by atoms with van der Waals surface area (Å²) >= 11 is 13.6. The Kier molecular flexibility index (Phi) is 10.4. The lowest BCUT2D eigenvalue weighted by Gasteiger charge is -2.30. The van der Waals surface area contributed by atoms with E-state index in [9.17, 15) is 14.7 Å². The number of nitrogens with zero attached hydrogens (tertiary/aromatic N) is 3. The van der Waals surface area contributed by atoms with E-state index in [1.807, 2.05) is 48.9 Å². The highest BCUT2D eigenvalue weighted by Crippen LogP contribution is 2.46. The summed E-state index contributed by atoms with van der Waals surface area (Å²) in [6.07, 6.45) is 2.80. The number of rotatable bonds is 12. The number of aliphatic hydroxyl groups is 1. The van der Waals surface area contributed by atoms with Crippen LogP contribution in [0.15, 0.2) is 42.5 Å². The highest BCUT2D eigenvalue weighted by Gasteiger charge is 2.51. The van der Waals surface area contributed by atoms with Crippen LogP contribution in [0.3, 0.4) is 0 Å². The second-order valence-corrected chi connectivity index (χ2v) is 14.6. The van der Waals surface area contributed by atoms with E-state index in [0.717, 1.165) is 46.6 Å². The van der Waals surface area contributed by atoms with Gasteiger partial charge in [-0.05, 0) is 55.4 Å². The molecule has 7 rings (SSSR count). The Morgan fingerprint density at radius 3 is 2.57 bits per heavy atom. The molecule has 4 aromatic rings. The number of carbonyl (C=O) groups is 2. The van der Waals surface area contributed by atoms with Crippen molar-refractivity contribution in [2.24, 2.45) is 7.05 Å². The summed E-state index contributed by atoms with van der Waals surface area (Å²) in [6, 6.07) is 13.0. The molecule has 2 atom stereocenters. The Bertz CT molecular complexity index is 2090. The zero-order valence-corrected chi connectivity index (χ0v) is 31.5. The topological polar surface area (TPSA) is 127 Å². The third-order valence-corrected chi connectivity index (χ3v) is 11.5. The van der Waals surface area contributed by atoms with Gasteiger partial charge in [0, 0.05) is 62.0 Å². The van der Waals surface area contributed by atoms with E-state index >= 15 is 4.39 Å². The predicted molar refractivity (Wildman–Crippen MR) is 199 cm³/mol. The van der Waals surface area contributed by atoms with Crippen molar-refractivity contribution in [3.05, 3.63) is 92.2 Å². The molecule has 280 valence electrons. The van der Waals surface area contributed by atoms with Gasteiger partial charge >= 0.3 is 5.97 Å². The molecule has 1 aliphatic heterocycles. The molecular formula is C39H42Cl2FN5O6. The summed E-state index contributed by atoms with van der Waals surface area (Å²) < 4.78 is 34.4. The van der Waals surface area contributed by atoms with Crippen LogP contribution in [-0.2, 0) is 42.5 Å². The third kappa shape index (κ3) is 6.87. The van der Waals surface area contributed by atoms with Gasteiger partial charge in [0.15, 0.2) is 11.6 Å². The van der Waals surface area contributed by atoms with Gasteiger partial charge in [-0.15, -0.1) is 0 Å². The first-order valence-corrected chi connectivity index (χ1v) is 18.4. The molecule has 3 aliphatic rings. The lowest BCUT2D eigenvalue weighted by molar-refractivity contribution is -0.144. The Balaban J connectivity index is 1.10. The normalized spacial score (nSPS) is 17.8. The molecule has 11 nitrogen and oxygen atoms in total. The Morgan fingerprint density at radius 1 is 1.09 bits per heavy atom. The van der Waals surface area contributed by atoms with Crippen LogP contribution in [0.5, 0.6) is 11.5 Å². The van der Waals surface area contributed by atoms with Gasteiger partial charge < -0.3 is 29.2 Å². The third-order valence-electron chi connectivity index (χ3n) is 10.8. The number of imidazole rings is 1. The smallest absolute Gasteiger partial charge is 0.326 e. The number of aliphatic hydroxyl groups excluding tert-OH is 1. The molecule has 1 saturated carbocycles. The van der Waals surface area contributed by atoms with E-state index in [0.29, 0.717) is 48.8 Å². The fourth-order valence-electron chi connectivity index (χ4n) is 7.48. The van der Waals surface area contributed by atoms with Gasteiger partial charge in [0.1, 0.15) is 28.2 Å². The first-order chi connectivity index (χ1) is 25.5. The summed E-state index contributed by atoms with van der Waals surface area (Å²) in [5, 5.41) is 15.9. The fourth-order valence-corrected chi connectivity index (χ4v) is 7.97. The number of amides is 1. The van der Waals surface area contributed by atoms with E-state index in [1.165, 1.54) is 14.2 Å². The molecule has 2 unspecified atom stereocenters. The van der Waals surface area contributed by atoms with Crippen molar-refractivity contribution in [1.29, 1.82) is 0 Å². The predicted octanol–water partition coefficient (Wildman–Crippen LogP) is 6.39. The van der Waals surface area contributed by atoms with Gasteiger partial charge in [-0.2, -0.15) is 0 Å². The zero-order valence-electron chi connectivity index (χ0n) is 30.0. The minimum absolute atomic E-state index is 0.00474. The van der Waals surface area contributed by atoms with Crippen LogP contribution < -0.4 is 20.1 Å². The first-order valence-electron chi connectivity index (χ1n) is 17.7. The number of anilines is 1. The number of fused-ring (bicyclic) bond motifs is 2. The van der Waals surface area contributed by atoms with Gasteiger partial charge in [0.05, 0.1) is 37.2 Å². The fraction of sp³-hybridized carbons (Fsp3) is 0.410. The molecule has 0 bridgehead atoms. The molecule has 1 amide bonds. The SMILES string of the molecule is COC(=O)C1(NCc2c(OC)cc(OC3CCc4c(-c5cccc(NC(=O)c6nc7c(n6C)CCN(C(C)CO)C7)c5Cl)cccc43)c(Cl)c2F)CC1. The molecule has 3 aromatic carbocycles. The molecule has 3 N–H and O–H groups in total. The lowest BCUT2D eigenvalue weighted by Crippen LogP contribution is -2.39. The first kappa shape index (κ1) is 37.1. The summed E-state index contributed by atoms with van der Waals surface area (Å²) in [7, 11) is 4.61. The van der Waals surface area contributed by atoms with Gasteiger partial charge in [0.25, 0.3) is 5.91 Å². The summed E-state index contributed by atoms with van der Waals surface area (Å²) in [5.74, 6) is -0.750. The van der Waals surface area contributed by atoms with Crippen LogP contribution in [0.2, 0.25) is 10.0 Å². The molecule has 0 saturated heterocycles. The number of carbonyl (C=O) groups excluding carboxylic acids is 2. The van der Waals surface area contributed by atoms with Crippen molar-refractivity contribution >= 4 is 40.8 Å². The van der Waals surface area contributed by atoms with Crippen molar-refractivity contribution in [1.82, 2.24) is 19.8 Å². The average Bonchev–Trinajstić information content (AvgIpc) is 3.74. The molecule has 0 spiro atoms. The van der Waals surface area contributed by atoms with Crippen molar-refractivity contribution in [3.8, 4) is 22.6 Å². The van der Waals surface area contributed by atoms with Gasteiger partial charge in [-0.3, -0.25) is 19.8 Å². The number of hydrogen-bond acceptors (Lipinski definition) is 9. The van der Waals surface area contributed by atoms with Gasteiger partial charge in [-0.25, -0.2) is 9.37 Å². The Labute approximate surface area is 317 Å². The standard InChI is InChI=1S/C39H42Cl2FN5O6/c1-21(20-48)47-16-13-29-28(19-47)44-36(46(29)2)37(49)45-27-10-6-9-25(33(27)40)22-7-5-8-24-23(22)11-12-30(24)53-32-17-31(51-3)26(35(42)34(32)41)18-43-39(14-15-39)38(50)52-4/h5-10,17,21,30,43,48H,11-16,18-20H2,1-4H3,(H,45,49). The van der Waals surface area contributed by atoms with Crippen LogP contribution in [0.1, 0.15) is 71.0 Å². The van der Waals surface area contributed by atoms with Crippen molar-refractivity contribution in [2.45, 2.75) is 69.8 Å².